The van der Waals surface area contributed by atoms with Gasteiger partial charge in [0.1, 0.15) is 5.82 Å². The van der Waals surface area contributed by atoms with E-state index in [0.29, 0.717) is 23.9 Å². The van der Waals surface area contributed by atoms with Crippen molar-refractivity contribution in [1.29, 1.82) is 0 Å². The number of anilines is 1. The monoisotopic (exact) mass is 467 g/mol. The molecule has 1 aromatic heterocycles. The molecule has 9 heteroatoms. The number of hydrogen-bond acceptors (Lipinski definition) is 5. The highest BCUT2D eigenvalue weighted by Crippen LogP contribution is 2.25. The first-order valence-electron chi connectivity index (χ1n) is 7.53. The Hall–Kier alpha value is -1.29. The van der Waals surface area contributed by atoms with Gasteiger partial charge >= 0.3 is 5.97 Å². The quantitative estimate of drug-likeness (QED) is 0.297. The number of aromatic nitrogens is 1. The number of halogens is 2. The molecule has 0 spiro atoms. The first-order chi connectivity index (χ1) is 11.1. The maximum absolute atomic E-state index is 11.1. The van der Waals surface area contributed by atoms with Crippen molar-refractivity contribution in [2.75, 3.05) is 38.7 Å². The Bertz CT molecular complexity index is 573. The molecule has 2 rings (SSSR count). The van der Waals surface area contributed by atoms with E-state index in [-0.39, 0.29) is 36.0 Å². The molecular weight excluding hydrogens is 445 g/mol. The number of ether oxygens (including phenoxy) is 1. The lowest BCUT2D eigenvalue weighted by Crippen LogP contribution is -2.45. The number of carbonyl (C=O) groups excluding carboxylic acids is 1. The standard InChI is InChI=1S/C15H22ClN5O2.HI/c1-17-15(19-8-5-13(22)23-2)20-11-6-9-21(10-11)14-12(16)4-3-7-18-14;/h3-4,7,11H,5-6,8-10H2,1-2H3,(H2,17,19,20);1H. The Kier molecular flexibility index (Phi) is 9.12. The minimum Gasteiger partial charge on any atom is -0.469 e. The molecule has 0 amide bonds. The van der Waals surface area contributed by atoms with Crippen LogP contribution in [0.2, 0.25) is 5.02 Å². The van der Waals surface area contributed by atoms with Gasteiger partial charge in [-0.2, -0.15) is 0 Å². The van der Waals surface area contributed by atoms with Crippen molar-refractivity contribution in [2.24, 2.45) is 4.99 Å². The number of carbonyl (C=O) groups is 1. The van der Waals surface area contributed by atoms with E-state index in [1.807, 2.05) is 12.1 Å². The van der Waals surface area contributed by atoms with Crippen molar-refractivity contribution < 1.29 is 9.53 Å². The number of hydrogen-bond donors (Lipinski definition) is 2. The summed E-state index contributed by atoms with van der Waals surface area (Å²) in [6.07, 6.45) is 3.01. The lowest BCUT2D eigenvalue weighted by atomic mass is 10.3. The Morgan fingerprint density at radius 3 is 3.04 bits per heavy atom. The van der Waals surface area contributed by atoms with Crippen LogP contribution in [0.5, 0.6) is 0 Å². The summed E-state index contributed by atoms with van der Waals surface area (Å²) in [5, 5.41) is 7.12. The fourth-order valence-corrected chi connectivity index (χ4v) is 2.69. The van der Waals surface area contributed by atoms with Crippen molar-refractivity contribution in [3.63, 3.8) is 0 Å². The van der Waals surface area contributed by atoms with Gasteiger partial charge in [-0.15, -0.1) is 24.0 Å². The number of aliphatic imine (C=N–C) groups is 1. The summed E-state index contributed by atoms with van der Waals surface area (Å²) in [7, 11) is 3.08. The minimum atomic E-state index is -0.246. The Balaban J connectivity index is 0.00000288. The maximum atomic E-state index is 11.1. The summed E-state index contributed by atoms with van der Waals surface area (Å²) in [6, 6.07) is 3.92. The van der Waals surface area contributed by atoms with Crippen molar-refractivity contribution in [2.45, 2.75) is 18.9 Å². The molecular formula is C15H23ClIN5O2. The normalized spacial score (nSPS) is 17.2. The number of nitrogens with zero attached hydrogens (tertiary/aromatic N) is 3. The molecule has 2 heterocycles. The largest absolute Gasteiger partial charge is 0.469 e. The molecule has 24 heavy (non-hydrogen) atoms. The zero-order chi connectivity index (χ0) is 16.7. The summed E-state index contributed by atoms with van der Waals surface area (Å²) >= 11 is 6.19. The van der Waals surface area contributed by atoms with Crippen molar-refractivity contribution in [3.8, 4) is 0 Å². The molecule has 1 aliphatic rings. The van der Waals surface area contributed by atoms with E-state index in [1.54, 1.807) is 13.2 Å². The molecule has 2 N–H and O–H groups in total. The van der Waals surface area contributed by atoms with Crippen LogP contribution in [0.4, 0.5) is 5.82 Å². The topological polar surface area (TPSA) is 78.8 Å². The summed E-state index contributed by atoms with van der Waals surface area (Å²) < 4.78 is 4.61. The lowest BCUT2D eigenvalue weighted by Gasteiger charge is -2.20. The van der Waals surface area contributed by atoms with E-state index in [0.717, 1.165) is 25.3 Å². The molecule has 1 saturated heterocycles. The second-order valence-electron chi connectivity index (χ2n) is 5.21. The Labute approximate surface area is 164 Å². The Morgan fingerprint density at radius 1 is 1.58 bits per heavy atom. The van der Waals surface area contributed by atoms with Gasteiger partial charge < -0.3 is 20.3 Å². The van der Waals surface area contributed by atoms with Gasteiger partial charge in [-0.1, -0.05) is 11.6 Å². The van der Waals surface area contributed by atoms with Crippen molar-refractivity contribution in [1.82, 2.24) is 15.6 Å². The highest BCUT2D eigenvalue weighted by molar-refractivity contribution is 14.0. The average molecular weight is 468 g/mol. The molecule has 0 aromatic carbocycles. The highest BCUT2D eigenvalue weighted by atomic mass is 127. The fourth-order valence-electron chi connectivity index (χ4n) is 2.45. The van der Waals surface area contributed by atoms with E-state index in [4.69, 9.17) is 11.6 Å². The van der Waals surface area contributed by atoms with Gasteiger partial charge in [-0.05, 0) is 18.6 Å². The van der Waals surface area contributed by atoms with Gasteiger partial charge in [0.05, 0.1) is 18.6 Å². The molecule has 0 saturated carbocycles. The first-order valence-corrected chi connectivity index (χ1v) is 7.91. The molecule has 0 aliphatic carbocycles. The van der Waals surface area contributed by atoms with E-state index >= 15 is 0 Å². The van der Waals surface area contributed by atoms with Crippen LogP contribution in [-0.2, 0) is 9.53 Å². The summed E-state index contributed by atoms with van der Waals surface area (Å²) in [6.45, 7) is 2.16. The molecule has 1 atom stereocenters. The number of rotatable bonds is 5. The molecule has 7 nitrogen and oxygen atoms in total. The van der Waals surface area contributed by atoms with Crippen LogP contribution in [0.15, 0.2) is 23.3 Å². The number of nitrogens with one attached hydrogen (secondary N) is 2. The zero-order valence-electron chi connectivity index (χ0n) is 13.8. The van der Waals surface area contributed by atoms with Gasteiger partial charge in [0.15, 0.2) is 5.96 Å². The van der Waals surface area contributed by atoms with Gasteiger partial charge in [0.25, 0.3) is 0 Å². The lowest BCUT2D eigenvalue weighted by molar-refractivity contribution is -0.140. The first kappa shape index (κ1) is 20.8. The van der Waals surface area contributed by atoms with Crippen LogP contribution in [-0.4, -0.2) is 56.7 Å². The number of methoxy groups -OCH3 is 1. The van der Waals surface area contributed by atoms with E-state index in [1.165, 1.54) is 7.11 Å². The van der Waals surface area contributed by atoms with Crippen LogP contribution in [0.3, 0.4) is 0 Å². The van der Waals surface area contributed by atoms with E-state index in [9.17, 15) is 4.79 Å². The smallest absolute Gasteiger partial charge is 0.307 e. The molecule has 1 unspecified atom stereocenters. The van der Waals surface area contributed by atoms with Crippen LogP contribution in [0.25, 0.3) is 0 Å². The molecule has 1 aliphatic heterocycles. The van der Waals surface area contributed by atoms with E-state index < -0.39 is 0 Å². The highest BCUT2D eigenvalue weighted by Gasteiger charge is 2.25. The maximum Gasteiger partial charge on any atom is 0.307 e. The van der Waals surface area contributed by atoms with Gasteiger partial charge in [-0.25, -0.2) is 4.98 Å². The molecule has 0 bridgehead atoms. The molecule has 134 valence electrons. The third-order valence-corrected chi connectivity index (χ3v) is 3.94. The molecule has 1 fully saturated rings. The summed E-state index contributed by atoms with van der Waals surface area (Å²) in [4.78, 5) is 21.8. The van der Waals surface area contributed by atoms with Gasteiger partial charge in [0.2, 0.25) is 0 Å². The van der Waals surface area contributed by atoms with Crippen LogP contribution in [0.1, 0.15) is 12.8 Å². The zero-order valence-corrected chi connectivity index (χ0v) is 16.9. The summed E-state index contributed by atoms with van der Waals surface area (Å²) in [5.74, 6) is 1.24. The third kappa shape index (κ3) is 5.97. The van der Waals surface area contributed by atoms with Gasteiger partial charge in [0, 0.05) is 38.9 Å². The SMILES string of the molecule is CN=C(NCCC(=O)OC)NC1CCN(c2ncccc2Cl)C1.I. The van der Waals surface area contributed by atoms with Gasteiger partial charge in [-0.3, -0.25) is 9.79 Å². The number of esters is 1. The van der Waals surface area contributed by atoms with Crippen LogP contribution < -0.4 is 15.5 Å². The minimum absolute atomic E-state index is 0. The van der Waals surface area contributed by atoms with Crippen molar-refractivity contribution in [3.05, 3.63) is 23.4 Å². The van der Waals surface area contributed by atoms with Crippen LogP contribution in [0, 0.1) is 0 Å². The van der Waals surface area contributed by atoms with Crippen LogP contribution >= 0.6 is 35.6 Å². The van der Waals surface area contributed by atoms with Crippen molar-refractivity contribution >= 4 is 53.3 Å². The predicted octanol–water partition coefficient (Wildman–Crippen LogP) is 1.66. The number of guanidine groups is 1. The second kappa shape index (κ2) is 10.5. The second-order valence-corrected chi connectivity index (χ2v) is 5.62. The predicted molar refractivity (Wildman–Crippen MR) is 106 cm³/mol. The molecule has 0 radical (unpaired) electrons. The Morgan fingerprint density at radius 2 is 2.38 bits per heavy atom. The summed E-state index contributed by atoms with van der Waals surface area (Å²) in [5.41, 5.74) is 0. The van der Waals surface area contributed by atoms with E-state index in [2.05, 4.69) is 30.2 Å². The fraction of sp³-hybridized carbons (Fsp3) is 0.533. The molecule has 1 aromatic rings. The number of pyridine rings is 1. The average Bonchev–Trinajstić information content (AvgIpc) is 3.02. The third-order valence-electron chi connectivity index (χ3n) is 3.64.